The molecule has 1 aromatic carbocycles. The van der Waals surface area contributed by atoms with Gasteiger partial charge in [-0.15, -0.1) is 0 Å². The first-order valence-corrected chi connectivity index (χ1v) is 8.47. The highest BCUT2D eigenvalue weighted by Gasteiger charge is 2.36. The number of hydrogen-bond donors (Lipinski definition) is 0. The molecule has 0 saturated carbocycles. The largest absolute Gasteiger partial charge is 0.363 e. The molecule has 2 aliphatic heterocycles. The number of rotatable bonds is 2. The van der Waals surface area contributed by atoms with E-state index in [0.717, 1.165) is 32.7 Å². The molecule has 4 nitrogen and oxygen atoms in total. The van der Waals surface area contributed by atoms with Crippen LogP contribution in [0.5, 0.6) is 0 Å². The zero-order chi connectivity index (χ0) is 15.9. The SMILES string of the molecule is CN1CCN(CC2(C)OCc3ccccc3-n3cccc32)CC1. The molecule has 4 rings (SSSR count). The summed E-state index contributed by atoms with van der Waals surface area (Å²) >= 11 is 0. The lowest BCUT2D eigenvalue weighted by molar-refractivity contribution is -0.0744. The van der Waals surface area contributed by atoms with Crippen LogP contribution in [0.3, 0.4) is 0 Å². The molecule has 122 valence electrons. The molecule has 0 spiro atoms. The molecule has 0 bridgehead atoms. The van der Waals surface area contributed by atoms with Gasteiger partial charge in [0.25, 0.3) is 0 Å². The van der Waals surface area contributed by atoms with Gasteiger partial charge in [0.15, 0.2) is 0 Å². The molecular formula is C19H25N3O. The Morgan fingerprint density at radius 1 is 1.04 bits per heavy atom. The first-order chi connectivity index (χ1) is 11.2. The summed E-state index contributed by atoms with van der Waals surface area (Å²) in [4.78, 5) is 4.93. The van der Waals surface area contributed by atoms with Gasteiger partial charge in [-0.1, -0.05) is 18.2 Å². The highest BCUT2D eigenvalue weighted by atomic mass is 16.5. The minimum absolute atomic E-state index is 0.279. The smallest absolute Gasteiger partial charge is 0.119 e. The molecule has 4 heteroatoms. The minimum Gasteiger partial charge on any atom is -0.363 e. The second-order valence-electron chi connectivity index (χ2n) is 6.99. The number of ether oxygens (including phenoxy) is 1. The Hall–Kier alpha value is -1.62. The van der Waals surface area contributed by atoms with Crippen molar-refractivity contribution in [1.82, 2.24) is 14.4 Å². The molecule has 0 amide bonds. The zero-order valence-corrected chi connectivity index (χ0v) is 14.0. The van der Waals surface area contributed by atoms with E-state index in [-0.39, 0.29) is 5.60 Å². The number of likely N-dealkylation sites (N-methyl/N-ethyl adjacent to an activating group) is 1. The van der Waals surface area contributed by atoms with Crippen LogP contribution >= 0.6 is 0 Å². The predicted molar refractivity (Wildman–Crippen MR) is 91.8 cm³/mol. The van der Waals surface area contributed by atoms with E-state index in [2.05, 4.69) is 70.9 Å². The van der Waals surface area contributed by atoms with E-state index < -0.39 is 0 Å². The molecule has 2 aromatic rings. The van der Waals surface area contributed by atoms with Crippen molar-refractivity contribution in [1.29, 1.82) is 0 Å². The van der Waals surface area contributed by atoms with Crippen molar-refractivity contribution in [3.8, 4) is 5.69 Å². The van der Waals surface area contributed by atoms with Gasteiger partial charge >= 0.3 is 0 Å². The van der Waals surface area contributed by atoms with E-state index in [1.54, 1.807) is 0 Å². The highest BCUT2D eigenvalue weighted by Crippen LogP contribution is 2.35. The van der Waals surface area contributed by atoms with Crippen LogP contribution in [0.2, 0.25) is 0 Å². The Balaban J connectivity index is 1.66. The molecule has 1 unspecified atom stereocenters. The van der Waals surface area contributed by atoms with Crippen LogP contribution in [0.1, 0.15) is 18.2 Å². The molecule has 0 N–H and O–H groups in total. The summed E-state index contributed by atoms with van der Waals surface area (Å²) in [6.07, 6.45) is 2.16. The second kappa shape index (κ2) is 5.78. The van der Waals surface area contributed by atoms with E-state index in [4.69, 9.17) is 4.74 Å². The molecule has 1 aromatic heterocycles. The van der Waals surface area contributed by atoms with Crippen molar-refractivity contribution in [2.75, 3.05) is 39.8 Å². The topological polar surface area (TPSA) is 20.6 Å². The Kier molecular flexibility index (Phi) is 3.76. The summed E-state index contributed by atoms with van der Waals surface area (Å²) in [5.74, 6) is 0. The van der Waals surface area contributed by atoms with Crippen LogP contribution in [-0.2, 0) is 16.9 Å². The molecular weight excluding hydrogens is 286 g/mol. The van der Waals surface area contributed by atoms with Crippen molar-refractivity contribution < 1.29 is 4.74 Å². The highest BCUT2D eigenvalue weighted by molar-refractivity contribution is 5.45. The maximum Gasteiger partial charge on any atom is 0.119 e. The normalized spacial score (nSPS) is 25.7. The average Bonchev–Trinajstić information content (AvgIpc) is 3.02. The standard InChI is InChI=1S/C19H25N3O/c1-19(15-21-12-10-20(2)11-13-21)18-8-5-9-22(18)17-7-4-3-6-16(17)14-23-19/h3-9H,10-15H2,1-2H3. The van der Waals surface area contributed by atoms with E-state index >= 15 is 0 Å². The van der Waals surface area contributed by atoms with Gasteiger partial charge in [-0.3, -0.25) is 4.90 Å². The maximum atomic E-state index is 6.46. The van der Waals surface area contributed by atoms with Gasteiger partial charge in [0.2, 0.25) is 0 Å². The molecule has 0 radical (unpaired) electrons. The third kappa shape index (κ3) is 2.71. The first-order valence-electron chi connectivity index (χ1n) is 8.47. The van der Waals surface area contributed by atoms with Crippen LogP contribution in [0.4, 0.5) is 0 Å². The number of aromatic nitrogens is 1. The maximum absolute atomic E-state index is 6.46. The third-order valence-corrected chi connectivity index (χ3v) is 5.21. The molecule has 3 heterocycles. The number of para-hydroxylation sites is 1. The van der Waals surface area contributed by atoms with Crippen LogP contribution < -0.4 is 0 Å². The summed E-state index contributed by atoms with van der Waals surface area (Å²) in [7, 11) is 2.20. The molecule has 1 saturated heterocycles. The monoisotopic (exact) mass is 311 g/mol. The van der Waals surface area contributed by atoms with Gasteiger partial charge in [-0.25, -0.2) is 0 Å². The number of hydrogen-bond acceptors (Lipinski definition) is 3. The fourth-order valence-corrected chi connectivity index (χ4v) is 3.76. The number of nitrogens with zero attached hydrogens (tertiary/aromatic N) is 3. The molecule has 1 fully saturated rings. The number of piperazine rings is 1. The Labute approximate surface area is 138 Å². The lowest BCUT2D eigenvalue weighted by atomic mass is 10.0. The van der Waals surface area contributed by atoms with Crippen LogP contribution in [0.15, 0.2) is 42.6 Å². The average molecular weight is 311 g/mol. The summed E-state index contributed by atoms with van der Waals surface area (Å²) in [5.41, 5.74) is 3.47. The summed E-state index contributed by atoms with van der Waals surface area (Å²) in [6.45, 7) is 8.35. The quantitative estimate of drug-likeness (QED) is 0.850. The van der Waals surface area contributed by atoms with Crippen LogP contribution in [0.25, 0.3) is 5.69 Å². The van der Waals surface area contributed by atoms with Gasteiger partial charge in [0, 0.05) is 44.5 Å². The van der Waals surface area contributed by atoms with Crippen LogP contribution in [0, 0.1) is 0 Å². The summed E-state index contributed by atoms with van der Waals surface area (Å²) in [6, 6.07) is 12.9. The third-order valence-electron chi connectivity index (χ3n) is 5.21. The first kappa shape index (κ1) is 14.9. The fraction of sp³-hybridized carbons (Fsp3) is 0.474. The lowest BCUT2D eigenvalue weighted by Crippen LogP contribution is -2.50. The predicted octanol–water partition coefficient (Wildman–Crippen LogP) is 2.47. The van der Waals surface area contributed by atoms with E-state index in [1.165, 1.54) is 16.9 Å². The van der Waals surface area contributed by atoms with Crippen molar-refractivity contribution >= 4 is 0 Å². The summed E-state index contributed by atoms with van der Waals surface area (Å²) < 4.78 is 8.76. The van der Waals surface area contributed by atoms with Gasteiger partial charge < -0.3 is 14.2 Å². The van der Waals surface area contributed by atoms with Gasteiger partial charge in [0.05, 0.1) is 18.0 Å². The summed E-state index contributed by atoms with van der Waals surface area (Å²) in [5, 5.41) is 0. The Bertz CT molecular complexity index is 687. The zero-order valence-electron chi connectivity index (χ0n) is 14.0. The molecule has 0 aliphatic carbocycles. The minimum atomic E-state index is -0.279. The van der Waals surface area contributed by atoms with Gasteiger partial charge in [-0.2, -0.15) is 0 Å². The van der Waals surface area contributed by atoms with Gasteiger partial charge in [-0.05, 0) is 32.2 Å². The Morgan fingerprint density at radius 3 is 2.65 bits per heavy atom. The fourth-order valence-electron chi connectivity index (χ4n) is 3.76. The molecule has 23 heavy (non-hydrogen) atoms. The van der Waals surface area contributed by atoms with E-state index in [0.29, 0.717) is 6.61 Å². The molecule has 1 atom stereocenters. The second-order valence-corrected chi connectivity index (χ2v) is 6.99. The van der Waals surface area contributed by atoms with Crippen molar-refractivity contribution in [2.24, 2.45) is 0 Å². The van der Waals surface area contributed by atoms with Crippen LogP contribution in [-0.4, -0.2) is 54.1 Å². The van der Waals surface area contributed by atoms with E-state index in [1.807, 2.05) is 0 Å². The van der Waals surface area contributed by atoms with Crippen molar-refractivity contribution in [2.45, 2.75) is 19.1 Å². The Morgan fingerprint density at radius 2 is 1.83 bits per heavy atom. The van der Waals surface area contributed by atoms with Gasteiger partial charge in [0.1, 0.15) is 5.60 Å². The number of benzene rings is 1. The lowest BCUT2D eigenvalue weighted by Gasteiger charge is -2.39. The number of fused-ring (bicyclic) bond motifs is 3. The van der Waals surface area contributed by atoms with Crippen molar-refractivity contribution in [3.05, 3.63) is 53.9 Å². The van der Waals surface area contributed by atoms with Crippen molar-refractivity contribution in [3.63, 3.8) is 0 Å². The molecule has 2 aliphatic rings. The van der Waals surface area contributed by atoms with E-state index in [9.17, 15) is 0 Å².